The molecule has 162 valence electrons. The third kappa shape index (κ3) is 5.70. The maximum atomic E-state index is 12.8. The fourth-order valence-electron chi connectivity index (χ4n) is 5.10. The quantitative estimate of drug-likeness (QED) is 0.726. The fraction of sp³-hybridized carbons (Fsp3) is 0.864. The Morgan fingerprint density at radius 3 is 2.31 bits per heavy atom. The Balaban J connectivity index is 1.48. The van der Waals surface area contributed by atoms with Crippen LogP contribution in [0.15, 0.2) is 0 Å². The summed E-state index contributed by atoms with van der Waals surface area (Å²) in [4.78, 5) is 29.6. The van der Waals surface area contributed by atoms with Crippen LogP contribution < -0.4 is 11.1 Å². The zero-order valence-electron chi connectivity index (χ0n) is 17.9. The Morgan fingerprint density at radius 2 is 1.72 bits per heavy atom. The first-order valence-electron chi connectivity index (χ1n) is 11.4. The number of likely N-dealkylation sites (tertiary alicyclic amines) is 2. The summed E-state index contributed by atoms with van der Waals surface area (Å²) in [6, 6.07) is 1.77. The molecule has 3 aliphatic rings. The number of nitrogens with one attached hydrogen (secondary N) is 1. The van der Waals surface area contributed by atoms with Gasteiger partial charge in [-0.05, 0) is 45.3 Å². The van der Waals surface area contributed by atoms with Crippen molar-refractivity contribution in [1.29, 1.82) is 5.26 Å². The van der Waals surface area contributed by atoms with Gasteiger partial charge in [-0.1, -0.05) is 32.1 Å². The molecule has 3 fully saturated rings. The van der Waals surface area contributed by atoms with Gasteiger partial charge >= 0.3 is 0 Å². The van der Waals surface area contributed by atoms with Crippen LogP contribution in [0.25, 0.3) is 0 Å². The van der Waals surface area contributed by atoms with E-state index >= 15 is 0 Å². The average molecular weight is 404 g/mol. The van der Waals surface area contributed by atoms with Crippen molar-refractivity contribution in [3.8, 4) is 6.07 Å². The van der Waals surface area contributed by atoms with Crippen molar-refractivity contribution in [1.82, 2.24) is 15.1 Å². The summed E-state index contributed by atoms with van der Waals surface area (Å²) in [5, 5.41) is 12.7. The zero-order chi connectivity index (χ0) is 20.9. The lowest BCUT2D eigenvalue weighted by atomic mass is 9.84. The largest absolute Gasteiger partial charge is 0.342 e. The number of nitrogens with two attached hydrogens (primary N) is 1. The molecule has 1 unspecified atom stereocenters. The van der Waals surface area contributed by atoms with Crippen LogP contribution in [0.2, 0.25) is 0 Å². The van der Waals surface area contributed by atoms with E-state index < -0.39 is 11.6 Å². The normalized spacial score (nSPS) is 25.2. The zero-order valence-corrected chi connectivity index (χ0v) is 17.9. The summed E-state index contributed by atoms with van der Waals surface area (Å²) in [5.74, 6) is 0.619. The predicted molar refractivity (Wildman–Crippen MR) is 112 cm³/mol. The van der Waals surface area contributed by atoms with Crippen LogP contribution in [-0.2, 0) is 9.59 Å². The van der Waals surface area contributed by atoms with Gasteiger partial charge in [0.15, 0.2) is 0 Å². The summed E-state index contributed by atoms with van der Waals surface area (Å²) >= 11 is 0. The van der Waals surface area contributed by atoms with Crippen molar-refractivity contribution >= 4 is 11.8 Å². The number of hydrogen-bond donors (Lipinski definition) is 2. The number of rotatable bonds is 5. The van der Waals surface area contributed by atoms with E-state index in [1.165, 1.54) is 19.3 Å². The van der Waals surface area contributed by atoms with E-state index in [4.69, 9.17) is 5.73 Å². The molecule has 29 heavy (non-hydrogen) atoms. The standard InChI is InChI=1S/C22H37N5O2/c1-26-11-7-18(8-12-26)21(29)27-13-9-22(16-23,10-14-27)25-20(28)19(24)15-17-5-3-2-4-6-17/h17-19H,2-15,24H2,1H3,(H,25,28). The molecule has 1 atom stereocenters. The van der Waals surface area contributed by atoms with Crippen LogP contribution in [0.4, 0.5) is 0 Å². The first-order chi connectivity index (χ1) is 13.9. The van der Waals surface area contributed by atoms with Crippen LogP contribution in [0.5, 0.6) is 0 Å². The number of carbonyl (C=O) groups excluding carboxylic acids is 2. The number of nitriles is 1. The Labute approximate surface area is 175 Å². The Kier molecular flexibility index (Phi) is 7.53. The van der Waals surface area contributed by atoms with Gasteiger partial charge in [0.25, 0.3) is 0 Å². The minimum absolute atomic E-state index is 0.0966. The van der Waals surface area contributed by atoms with E-state index in [0.29, 0.717) is 38.3 Å². The van der Waals surface area contributed by atoms with Gasteiger partial charge in [-0.2, -0.15) is 5.26 Å². The second kappa shape index (κ2) is 9.90. The highest BCUT2D eigenvalue weighted by atomic mass is 16.2. The van der Waals surface area contributed by atoms with Gasteiger partial charge < -0.3 is 20.9 Å². The molecule has 2 amide bonds. The minimum Gasteiger partial charge on any atom is -0.342 e. The molecule has 0 radical (unpaired) electrons. The van der Waals surface area contributed by atoms with Crippen molar-refractivity contribution in [2.45, 2.75) is 75.8 Å². The van der Waals surface area contributed by atoms with Gasteiger partial charge in [-0.25, -0.2) is 0 Å². The maximum absolute atomic E-state index is 12.8. The topological polar surface area (TPSA) is 102 Å². The molecule has 0 aromatic rings. The predicted octanol–water partition coefficient (Wildman–Crippen LogP) is 1.63. The summed E-state index contributed by atoms with van der Waals surface area (Å²) in [6.45, 7) is 2.97. The van der Waals surface area contributed by atoms with Gasteiger partial charge in [-0.15, -0.1) is 0 Å². The van der Waals surface area contributed by atoms with Gasteiger partial charge in [-0.3, -0.25) is 9.59 Å². The summed E-state index contributed by atoms with van der Waals surface area (Å²) in [7, 11) is 2.09. The first kappa shape index (κ1) is 22.0. The lowest BCUT2D eigenvalue weighted by Crippen LogP contribution is -2.59. The minimum atomic E-state index is -0.898. The lowest BCUT2D eigenvalue weighted by molar-refractivity contribution is -0.138. The number of piperidine rings is 2. The van der Waals surface area contributed by atoms with Crippen molar-refractivity contribution in [3.63, 3.8) is 0 Å². The first-order valence-corrected chi connectivity index (χ1v) is 11.4. The second-order valence-corrected chi connectivity index (χ2v) is 9.43. The summed E-state index contributed by atoms with van der Waals surface area (Å²) < 4.78 is 0. The van der Waals surface area contributed by atoms with E-state index in [2.05, 4.69) is 23.3 Å². The highest BCUT2D eigenvalue weighted by molar-refractivity contribution is 5.83. The van der Waals surface area contributed by atoms with Gasteiger partial charge in [0.1, 0.15) is 5.54 Å². The number of hydrogen-bond acceptors (Lipinski definition) is 5. The Bertz CT molecular complexity index is 609. The molecular formula is C22H37N5O2. The van der Waals surface area contributed by atoms with E-state index in [9.17, 15) is 14.9 Å². The molecule has 2 saturated heterocycles. The molecule has 2 heterocycles. The van der Waals surface area contributed by atoms with Crippen LogP contribution >= 0.6 is 0 Å². The van der Waals surface area contributed by atoms with Gasteiger partial charge in [0, 0.05) is 31.8 Å². The number of nitrogens with zero attached hydrogens (tertiary/aromatic N) is 3. The van der Waals surface area contributed by atoms with E-state index in [0.717, 1.165) is 38.8 Å². The second-order valence-electron chi connectivity index (χ2n) is 9.43. The number of carbonyl (C=O) groups is 2. The van der Waals surface area contributed by atoms with E-state index in [-0.39, 0.29) is 17.7 Å². The molecular weight excluding hydrogens is 366 g/mol. The van der Waals surface area contributed by atoms with Gasteiger partial charge in [0.2, 0.25) is 11.8 Å². The van der Waals surface area contributed by atoms with Crippen molar-refractivity contribution in [2.24, 2.45) is 17.6 Å². The summed E-state index contributed by atoms with van der Waals surface area (Å²) in [6.07, 6.45) is 9.50. The molecule has 3 N–H and O–H groups in total. The van der Waals surface area contributed by atoms with Crippen LogP contribution in [0.3, 0.4) is 0 Å². The molecule has 1 aliphatic carbocycles. The molecule has 3 rings (SSSR count). The molecule has 7 heteroatoms. The highest BCUT2D eigenvalue weighted by Crippen LogP contribution is 2.28. The maximum Gasteiger partial charge on any atom is 0.238 e. The molecule has 0 spiro atoms. The number of amides is 2. The lowest BCUT2D eigenvalue weighted by Gasteiger charge is -2.40. The molecule has 0 bridgehead atoms. The van der Waals surface area contributed by atoms with Crippen molar-refractivity contribution in [3.05, 3.63) is 0 Å². The molecule has 1 saturated carbocycles. The smallest absolute Gasteiger partial charge is 0.238 e. The Hall–Kier alpha value is -1.65. The SMILES string of the molecule is CN1CCC(C(=O)N2CCC(C#N)(NC(=O)C(N)CC3CCCCC3)CC2)CC1. The average Bonchev–Trinajstić information content (AvgIpc) is 2.75. The van der Waals surface area contributed by atoms with Crippen molar-refractivity contribution in [2.75, 3.05) is 33.2 Å². The third-order valence-corrected chi connectivity index (χ3v) is 7.22. The van der Waals surface area contributed by atoms with Crippen LogP contribution in [-0.4, -0.2) is 66.4 Å². The monoisotopic (exact) mass is 403 g/mol. The Morgan fingerprint density at radius 1 is 1.10 bits per heavy atom. The molecule has 7 nitrogen and oxygen atoms in total. The van der Waals surface area contributed by atoms with Crippen LogP contribution in [0.1, 0.15) is 64.2 Å². The summed E-state index contributed by atoms with van der Waals surface area (Å²) in [5.41, 5.74) is 5.28. The van der Waals surface area contributed by atoms with E-state index in [1.807, 2.05) is 4.90 Å². The third-order valence-electron chi connectivity index (χ3n) is 7.22. The molecule has 0 aromatic heterocycles. The molecule has 2 aliphatic heterocycles. The highest BCUT2D eigenvalue weighted by Gasteiger charge is 2.40. The van der Waals surface area contributed by atoms with Crippen LogP contribution in [0, 0.1) is 23.2 Å². The van der Waals surface area contributed by atoms with E-state index in [1.54, 1.807) is 0 Å². The fourth-order valence-corrected chi connectivity index (χ4v) is 5.10. The molecule has 0 aromatic carbocycles. The van der Waals surface area contributed by atoms with Gasteiger partial charge in [0.05, 0.1) is 12.1 Å². The van der Waals surface area contributed by atoms with Crippen molar-refractivity contribution < 1.29 is 9.59 Å².